The van der Waals surface area contributed by atoms with Crippen LogP contribution in [0.15, 0.2) is 0 Å². The topological polar surface area (TPSA) is 37.3 Å². The largest absolute Gasteiger partial charge is 0.481 e. The molecule has 0 bridgehead atoms. The van der Waals surface area contributed by atoms with E-state index >= 15 is 0 Å². The van der Waals surface area contributed by atoms with Crippen LogP contribution in [0.5, 0.6) is 0 Å². The zero-order valence-corrected chi connectivity index (χ0v) is 8.30. The Labute approximate surface area is 80.3 Å². The molecule has 0 radical (unpaired) electrons. The molecule has 0 heterocycles. The Morgan fingerprint density at radius 3 is 2.15 bits per heavy atom. The van der Waals surface area contributed by atoms with Gasteiger partial charge in [-0.3, -0.25) is 4.79 Å². The van der Waals surface area contributed by atoms with E-state index in [2.05, 4.69) is 0 Å². The molecule has 1 rings (SSSR count). The number of hydrogen-bond acceptors (Lipinski definition) is 1. The summed E-state index contributed by atoms with van der Waals surface area (Å²) in [4.78, 5) is 10.4. The van der Waals surface area contributed by atoms with E-state index in [4.69, 9.17) is 5.11 Å². The summed E-state index contributed by atoms with van der Waals surface area (Å²) in [5.74, 6) is 0.0541. The minimum Gasteiger partial charge on any atom is -0.481 e. The minimum absolute atomic E-state index is 0.366. The molecule has 0 unspecified atom stereocenters. The maximum absolute atomic E-state index is 10.4. The van der Waals surface area contributed by atoms with Crippen molar-refractivity contribution in [1.29, 1.82) is 0 Å². The van der Waals surface area contributed by atoms with E-state index in [1.165, 1.54) is 44.9 Å². The SMILES string of the molecule is O=C(O)CCC1CCCCCCC1. The van der Waals surface area contributed by atoms with E-state index in [-0.39, 0.29) is 0 Å². The Bertz CT molecular complexity index is 146. The maximum Gasteiger partial charge on any atom is 0.303 e. The Morgan fingerprint density at radius 1 is 1.08 bits per heavy atom. The van der Waals surface area contributed by atoms with E-state index in [0.29, 0.717) is 12.3 Å². The number of carbonyl (C=O) groups is 1. The smallest absolute Gasteiger partial charge is 0.303 e. The van der Waals surface area contributed by atoms with Crippen molar-refractivity contribution < 1.29 is 9.90 Å². The predicted octanol–water partition coefficient (Wildman–Crippen LogP) is 3.21. The van der Waals surface area contributed by atoms with Crippen LogP contribution in [0.25, 0.3) is 0 Å². The molecule has 0 aliphatic heterocycles. The third-order valence-corrected chi connectivity index (χ3v) is 2.99. The van der Waals surface area contributed by atoms with Crippen LogP contribution in [0, 0.1) is 5.92 Å². The van der Waals surface area contributed by atoms with Crippen molar-refractivity contribution in [1.82, 2.24) is 0 Å². The van der Waals surface area contributed by atoms with Crippen LogP contribution in [0.3, 0.4) is 0 Å². The lowest BCUT2D eigenvalue weighted by atomic mass is 9.88. The summed E-state index contributed by atoms with van der Waals surface area (Å²) < 4.78 is 0. The molecule has 13 heavy (non-hydrogen) atoms. The van der Waals surface area contributed by atoms with Gasteiger partial charge in [0.2, 0.25) is 0 Å². The van der Waals surface area contributed by atoms with Gasteiger partial charge in [0.15, 0.2) is 0 Å². The highest BCUT2D eigenvalue weighted by molar-refractivity contribution is 5.66. The Kier molecular flexibility index (Phi) is 4.87. The van der Waals surface area contributed by atoms with Crippen LogP contribution in [0.2, 0.25) is 0 Å². The summed E-state index contributed by atoms with van der Waals surface area (Å²) in [6, 6.07) is 0. The lowest BCUT2D eigenvalue weighted by Crippen LogP contribution is -2.06. The zero-order chi connectivity index (χ0) is 9.52. The van der Waals surface area contributed by atoms with Gasteiger partial charge in [-0.15, -0.1) is 0 Å². The quantitative estimate of drug-likeness (QED) is 0.731. The van der Waals surface area contributed by atoms with Crippen molar-refractivity contribution in [2.45, 2.75) is 57.8 Å². The molecule has 0 spiro atoms. The van der Waals surface area contributed by atoms with Crippen LogP contribution in [0.4, 0.5) is 0 Å². The normalized spacial score (nSPS) is 20.6. The molecule has 0 aromatic rings. The molecule has 0 amide bonds. The summed E-state index contributed by atoms with van der Waals surface area (Å²) >= 11 is 0. The van der Waals surface area contributed by atoms with Gasteiger partial charge in [0.25, 0.3) is 0 Å². The summed E-state index contributed by atoms with van der Waals surface area (Å²) in [6.45, 7) is 0. The van der Waals surface area contributed by atoms with Gasteiger partial charge in [0.05, 0.1) is 0 Å². The van der Waals surface area contributed by atoms with Gasteiger partial charge in [-0.2, -0.15) is 0 Å². The van der Waals surface area contributed by atoms with Gasteiger partial charge in [0.1, 0.15) is 0 Å². The molecule has 0 aromatic carbocycles. The van der Waals surface area contributed by atoms with E-state index in [1.807, 2.05) is 0 Å². The standard InChI is InChI=1S/C11H20O2/c12-11(13)9-8-10-6-4-2-1-3-5-7-10/h10H,1-9H2,(H,12,13). The number of aliphatic carboxylic acids is 1. The van der Waals surface area contributed by atoms with Crippen LogP contribution in [-0.2, 0) is 4.79 Å². The number of hydrogen-bond donors (Lipinski definition) is 1. The number of rotatable bonds is 3. The summed E-state index contributed by atoms with van der Waals surface area (Å²) in [7, 11) is 0. The van der Waals surface area contributed by atoms with Crippen molar-refractivity contribution in [2.75, 3.05) is 0 Å². The molecule has 1 N–H and O–H groups in total. The molecular formula is C11H20O2. The molecule has 1 saturated carbocycles. The lowest BCUT2D eigenvalue weighted by Gasteiger charge is -2.18. The Balaban J connectivity index is 2.17. The van der Waals surface area contributed by atoms with Crippen molar-refractivity contribution in [3.8, 4) is 0 Å². The third-order valence-electron chi connectivity index (χ3n) is 2.99. The zero-order valence-electron chi connectivity index (χ0n) is 8.30. The van der Waals surface area contributed by atoms with Crippen molar-refractivity contribution in [2.24, 2.45) is 5.92 Å². The monoisotopic (exact) mass is 184 g/mol. The van der Waals surface area contributed by atoms with E-state index in [0.717, 1.165) is 6.42 Å². The van der Waals surface area contributed by atoms with Crippen LogP contribution < -0.4 is 0 Å². The van der Waals surface area contributed by atoms with Gasteiger partial charge >= 0.3 is 5.97 Å². The highest BCUT2D eigenvalue weighted by atomic mass is 16.4. The van der Waals surface area contributed by atoms with Crippen molar-refractivity contribution in [3.05, 3.63) is 0 Å². The second-order valence-corrected chi connectivity index (χ2v) is 4.14. The molecule has 0 atom stereocenters. The summed E-state index contributed by atoms with van der Waals surface area (Å²) in [5.41, 5.74) is 0. The fraction of sp³-hybridized carbons (Fsp3) is 0.909. The molecule has 1 aliphatic carbocycles. The first-order valence-corrected chi connectivity index (χ1v) is 5.51. The highest BCUT2D eigenvalue weighted by Crippen LogP contribution is 2.25. The van der Waals surface area contributed by atoms with Gasteiger partial charge in [-0.05, 0) is 12.3 Å². The summed E-state index contributed by atoms with van der Waals surface area (Å²) in [5, 5.41) is 8.57. The van der Waals surface area contributed by atoms with Gasteiger partial charge in [-0.25, -0.2) is 0 Å². The average Bonchev–Trinajstić information content (AvgIpc) is 2.01. The molecule has 1 aliphatic rings. The molecule has 2 nitrogen and oxygen atoms in total. The maximum atomic E-state index is 10.4. The second kappa shape index (κ2) is 6.01. The van der Waals surface area contributed by atoms with Gasteiger partial charge in [0, 0.05) is 6.42 Å². The van der Waals surface area contributed by atoms with E-state index in [1.54, 1.807) is 0 Å². The average molecular weight is 184 g/mol. The first kappa shape index (κ1) is 10.6. The van der Waals surface area contributed by atoms with Crippen LogP contribution in [-0.4, -0.2) is 11.1 Å². The third kappa shape index (κ3) is 4.91. The Hall–Kier alpha value is -0.530. The molecular weight excluding hydrogens is 164 g/mol. The van der Waals surface area contributed by atoms with Crippen molar-refractivity contribution in [3.63, 3.8) is 0 Å². The highest BCUT2D eigenvalue weighted by Gasteiger charge is 2.12. The molecule has 0 saturated heterocycles. The minimum atomic E-state index is -0.637. The predicted molar refractivity (Wildman–Crippen MR) is 52.7 cm³/mol. The van der Waals surface area contributed by atoms with Crippen molar-refractivity contribution >= 4 is 5.97 Å². The number of carboxylic acid groups (broad SMARTS) is 1. The summed E-state index contributed by atoms with van der Waals surface area (Å²) in [6.07, 6.45) is 10.5. The van der Waals surface area contributed by atoms with Crippen LogP contribution >= 0.6 is 0 Å². The molecule has 2 heteroatoms. The second-order valence-electron chi connectivity index (χ2n) is 4.14. The van der Waals surface area contributed by atoms with Gasteiger partial charge < -0.3 is 5.11 Å². The van der Waals surface area contributed by atoms with E-state index in [9.17, 15) is 4.79 Å². The van der Waals surface area contributed by atoms with Crippen LogP contribution in [0.1, 0.15) is 57.8 Å². The fourth-order valence-electron chi connectivity index (χ4n) is 2.16. The Morgan fingerprint density at radius 2 is 1.62 bits per heavy atom. The van der Waals surface area contributed by atoms with E-state index < -0.39 is 5.97 Å². The van der Waals surface area contributed by atoms with Gasteiger partial charge in [-0.1, -0.05) is 44.9 Å². The molecule has 1 fully saturated rings. The number of carboxylic acids is 1. The lowest BCUT2D eigenvalue weighted by molar-refractivity contribution is -0.137. The molecule has 76 valence electrons. The first-order chi connectivity index (χ1) is 6.29. The molecule has 0 aromatic heterocycles. The fourth-order valence-corrected chi connectivity index (χ4v) is 2.16. The first-order valence-electron chi connectivity index (χ1n) is 5.51.